The van der Waals surface area contributed by atoms with Gasteiger partial charge in [-0.3, -0.25) is 9.69 Å². The first-order chi connectivity index (χ1) is 10.2. The fraction of sp³-hybridized carbons (Fsp3) is 0.588. The highest BCUT2D eigenvalue weighted by Gasteiger charge is 2.21. The molecule has 1 fully saturated rings. The summed E-state index contributed by atoms with van der Waals surface area (Å²) in [4.78, 5) is 13.3. The summed E-state index contributed by atoms with van der Waals surface area (Å²) in [6.45, 7) is 8.01. The number of hydrogen-bond acceptors (Lipinski definition) is 4. The van der Waals surface area contributed by atoms with Crippen LogP contribution in [0.15, 0.2) is 24.3 Å². The van der Waals surface area contributed by atoms with Gasteiger partial charge < -0.3 is 9.47 Å². The maximum absolute atomic E-state index is 10.9. The number of ether oxygens (including phenoxy) is 2. The van der Waals surface area contributed by atoms with E-state index in [2.05, 4.69) is 18.7 Å². The summed E-state index contributed by atoms with van der Waals surface area (Å²) < 4.78 is 11.4. The summed E-state index contributed by atoms with van der Waals surface area (Å²) in [5.74, 6) is 0.682. The quantitative estimate of drug-likeness (QED) is 0.572. The van der Waals surface area contributed by atoms with Crippen molar-refractivity contribution >= 4 is 6.29 Å². The van der Waals surface area contributed by atoms with Crippen molar-refractivity contribution in [3.05, 3.63) is 29.8 Å². The first-order valence-corrected chi connectivity index (χ1v) is 7.74. The number of rotatable bonds is 7. The molecule has 1 aromatic carbocycles. The van der Waals surface area contributed by atoms with E-state index in [4.69, 9.17) is 9.47 Å². The highest BCUT2D eigenvalue weighted by molar-refractivity contribution is 5.79. The molecule has 2 atom stereocenters. The van der Waals surface area contributed by atoms with Crippen molar-refractivity contribution < 1.29 is 14.3 Å². The minimum absolute atomic E-state index is 0.324. The van der Waals surface area contributed by atoms with Crippen molar-refractivity contribution in [2.24, 2.45) is 0 Å². The number of carbonyl (C=O) groups excluding carboxylic acids is 1. The lowest BCUT2D eigenvalue weighted by atomic mass is 10.2. The molecule has 1 aliphatic heterocycles. The van der Waals surface area contributed by atoms with E-state index in [1.54, 1.807) is 6.07 Å². The Kier molecular flexibility index (Phi) is 6.21. The Bertz CT molecular complexity index is 439. The van der Waals surface area contributed by atoms with Crippen LogP contribution < -0.4 is 4.74 Å². The van der Waals surface area contributed by atoms with Crippen LogP contribution in [0.5, 0.6) is 5.75 Å². The first kappa shape index (κ1) is 16.0. The van der Waals surface area contributed by atoms with Crippen LogP contribution in [0.1, 0.15) is 37.0 Å². The molecular weight excluding hydrogens is 266 g/mol. The van der Waals surface area contributed by atoms with E-state index in [1.807, 2.05) is 18.2 Å². The summed E-state index contributed by atoms with van der Waals surface area (Å²) >= 11 is 0. The normalized spacial score (nSPS) is 23.0. The molecule has 4 heteroatoms. The lowest BCUT2D eigenvalue weighted by Crippen LogP contribution is -2.45. The SMILES string of the molecule is C[C@@H]1CN(CCCCOc2ccccc2C=O)C[C@H](C)O1. The van der Waals surface area contributed by atoms with Crippen LogP contribution in [0.2, 0.25) is 0 Å². The van der Waals surface area contributed by atoms with Gasteiger partial charge in [0.1, 0.15) is 5.75 Å². The summed E-state index contributed by atoms with van der Waals surface area (Å²) in [7, 11) is 0. The Balaban J connectivity index is 1.65. The van der Waals surface area contributed by atoms with Crippen molar-refractivity contribution in [1.29, 1.82) is 0 Å². The lowest BCUT2D eigenvalue weighted by Gasteiger charge is -2.35. The summed E-state index contributed by atoms with van der Waals surface area (Å²) in [6, 6.07) is 7.35. The van der Waals surface area contributed by atoms with E-state index < -0.39 is 0 Å². The molecule has 0 amide bonds. The Morgan fingerprint density at radius 2 is 1.95 bits per heavy atom. The maximum atomic E-state index is 10.9. The van der Waals surface area contributed by atoms with Crippen LogP contribution in [0.25, 0.3) is 0 Å². The molecule has 0 spiro atoms. The third kappa shape index (κ3) is 5.14. The van der Waals surface area contributed by atoms with E-state index in [-0.39, 0.29) is 0 Å². The van der Waals surface area contributed by atoms with Crippen LogP contribution >= 0.6 is 0 Å². The molecule has 1 heterocycles. The molecule has 0 radical (unpaired) electrons. The highest BCUT2D eigenvalue weighted by atomic mass is 16.5. The Labute approximate surface area is 127 Å². The third-order valence-corrected chi connectivity index (χ3v) is 3.67. The van der Waals surface area contributed by atoms with Gasteiger partial charge >= 0.3 is 0 Å². The number of morpholine rings is 1. The van der Waals surface area contributed by atoms with Crippen LogP contribution in [-0.2, 0) is 4.74 Å². The molecule has 0 unspecified atom stereocenters. The average Bonchev–Trinajstić information content (AvgIpc) is 2.46. The zero-order valence-electron chi connectivity index (χ0n) is 13.0. The molecule has 0 saturated carbocycles. The second kappa shape index (κ2) is 8.15. The molecule has 1 aliphatic rings. The van der Waals surface area contributed by atoms with Gasteiger partial charge in [-0.05, 0) is 45.4 Å². The minimum atomic E-state index is 0.324. The number of carbonyl (C=O) groups is 1. The second-order valence-corrected chi connectivity index (χ2v) is 5.73. The maximum Gasteiger partial charge on any atom is 0.153 e. The Hall–Kier alpha value is -1.39. The molecule has 0 aliphatic carbocycles. The number of benzene rings is 1. The van der Waals surface area contributed by atoms with Crippen LogP contribution in [0, 0.1) is 0 Å². The molecule has 0 bridgehead atoms. The van der Waals surface area contributed by atoms with Crippen molar-refractivity contribution in [1.82, 2.24) is 4.90 Å². The van der Waals surface area contributed by atoms with Gasteiger partial charge in [0.05, 0.1) is 24.4 Å². The van der Waals surface area contributed by atoms with Crippen molar-refractivity contribution in [2.75, 3.05) is 26.2 Å². The van der Waals surface area contributed by atoms with E-state index in [0.29, 0.717) is 30.1 Å². The van der Waals surface area contributed by atoms with E-state index in [1.165, 1.54) is 0 Å². The summed E-state index contributed by atoms with van der Waals surface area (Å²) in [5.41, 5.74) is 0.619. The van der Waals surface area contributed by atoms with Crippen LogP contribution in [0.3, 0.4) is 0 Å². The van der Waals surface area contributed by atoms with Gasteiger partial charge in [0.25, 0.3) is 0 Å². The predicted molar refractivity (Wildman–Crippen MR) is 83.0 cm³/mol. The number of nitrogens with zero attached hydrogens (tertiary/aromatic N) is 1. The van der Waals surface area contributed by atoms with Crippen molar-refractivity contribution in [3.8, 4) is 5.75 Å². The predicted octanol–water partition coefficient (Wildman–Crippen LogP) is 2.77. The minimum Gasteiger partial charge on any atom is -0.493 e. The van der Waals surface area contributed by atoms with Crippen molar-refractivity contribution in [2.45, 2.75) is 38.9 Å². The average molecular weight is 291 g/mol. The fourth-order valence-corrected chi connectivity index (χ4v) is 2.80. The molecule has 21 heavy (non-hydrogen) atoms. The number of para-hydroxylation sites is 1. The number of aldehydes is 1. The van der Waals surface area contributed by atoms with Crippen LogP contribution in [0.4, 0.5) is 0 Å². The molecule has 116 valence electrons. The van der Waals surface area contributed by atoms with Gasteiger partial charge in [-0.1, -0.05) is 12.1 Å². The van der Waals surface area contributed by atoms with Crippen molar-refractivity contribution in [3.63, 3.8) is 0 Å². The molecule has 1 aromatic rings. The molecule has 0 aromatic heterocycles. The third-order valence-electron chi connectivity index (χ3n) is 3.67. The zero-order valence-corrected chi connectivity index (χ0v) is 13.0. The number of hydrogen-bond donors (Lipinski definition) is 0. The van der Waals surface area contributed by atoms with Crippen LogP contribution in [-0.4, -0.2) is 49.6 Å². The largest absolute Gasteiger partial charge is 0.493 e. The van der Waals surface area contributed by atoms with Gasteiger partial charge in [0.15, 0.2) is 6.29 Å². The van der Waals surface area contributed by atoms with Gasteiger partial charge in [0.2, 0.25) is 0 Å². The fourth-order valence-electron chi connectivity index (χ4n) is 2.80. The number of unbranched alkanes of at least 4 members (excludes halogenated alkanes) is 1. The monoisotopic (exact) mass is 291 g/mol. The highest BCUT2D eigenvalue weighted by Crippen LogP contribution is 2.16. The Morgan fingerprint density at radius 1 is 1.24 bits per heavy atom. The second-order valence-electron chi connectivity index (χ2n) is 5.73. The topological polar surface area (TPSA) is 38.8 Å². The van der Waals surface area contributed by atoms with E-state index >= 15 is 0 Å². The molecular formula is C17H25NO3. The van der Waals surface area contributed by atoms with Gasteiger partial charge in [-0.15, -0.1) is 0 Å². The smallest absolute Gasteiger partial charge is 0.153 e. The van der Waals surface area contributed by atoms with Gasteiger partial charge in [-0.25, -0.2) is 0 Å². The zero-order chi connectivity index (χ0) is 15.1. The molecule has 4 nitrogen and oxygen atoms in total. The van der Waals surface area contributed by atoms with E-state index in [0.717, 1.165) is 38.8 Å². The lowest BCUT2D eigenvalue weighted by molar-refractivity contribution is -0.0682. The van der Waals surface area contributed by atoms with E-state index in [9.17, 15) is 4.79 Å². The molecule has 2 rings (SSSR count). The summed E-state index contributed by atoms with van der Waals surface area (Å²) in [6.07, 6.45) is 3.58. The molecule has 0 N–H and O–H groups in total. The first-order valence-electron chi connectivity index (χ1n) is 7.74. The Morgan fingerprint density at radius 3 is 2.67 bits per heavy atom. The van der Waals surface area contributed by atoms with Gasteiger partial charge in [0, 0.05) is 13.1 Å². The summed E-state index contributed by atoms with van der Waals surface area (Å²) in [5, 5.41) is 0. The van der Waals surface area contributed by atoms with Gasteiger partial charge in [-0.2, -0.15) is 0 Å². The molecule has 1 saturated heterocycles. The standard InChI is InChI=1S/C17H25NO3/c1-14-11-18(12-15(2)21-14)9-5-6-10-20-17-8-4-3-7-16(17)13-19/h3-4,7-8,13-15H,5-6,9-12H2,1-2H3/t14-,15+.